The quantitative estimate of drug-likeness (QED) is 0.735. The molecule has 0 amide bonds. The van der Waals surface area contributed by atoms with Crippen LogP contribution >= 0.6 is 11.8 Å². The molecule has 1 aliphatic carbocycles. The number of hydrogen-bond donors (Lipinski definition) is 1. The van der Waals surface area contributed by atoms with Crippen LogP contribution in [0.3, 0.4) is 0 Å². The molecule has 0 saturated heterocycles. The van der Waals surface area contributed by atoms with Crippen LogP contribution in [0.15, 0.2) is 34.2 Å². The van der Waals surface area contributed by atoms with Gasteiger partial charge in [0.05, 0.1) is 11.3 Å². The van der Waals surface area contributed by atoms with E-state index in [4.69, 9.17) is 4.98 Å². The number of nitrogens with zero attached hydrogens (tertiary/aromatic N) is 3. The van der Waals surface area contributed by atoms with Gasteiger partial charge < -0.3 is 0 Å². The Morgan fingerprint density at radius 3 is 2.91 bits per heavy atom. The molecule has 23 heavy (non-hydrogen) atoms. The first-order valence-corrected chi connectivity index (χ1v) is 8.95. The van der Waals surface area contributed by atoms with E-state index in [1.54, 1.807) is 4.40 Å². The highest BCUT2D eigenvalue weighted by molar-refractivity contribution is 7.98. The number of hydrogen-bond acceptors (Lipinski definition) is 4. The Kier molecular flexibility index (Phi) is 3.13. The van der Waals surface area contributed by atoms with Gasteiger partial charge in [0.1, 0.15) is 0 Å². The van der Waals surface area contributed by atoms with Gasteiger partial charge in [-0.3, -0.25) is 4.79 Å². The van der Waals surface area contributed by atoms with Gasteiger partial charge in [0, 0.05) is 11.0 Å². The summed E-state index contributed by atoms with van der Waals surface area (Å²) in [6.45, 7) is 4.30. The monoisotopic (exact) mass is 326 g/mol. The van der Waals surface area contributed by atoms with E-state index >= 15 is 0 Å². The second-order valence-corrected chi connectivity index (χ2v) is 7.03. The fraction of sp³-hybridized carbons (Fsp3) is 0.353. The molecular weight excluding hydrogens is 308 g/mol. The third-order valence-corrected chi connectivity index (χ3v) is 5.58. The van der Waals surface area contributed by atoms with Crippen molar-refractivity contribution < 1.29 is 0 Å². The zero-order valence-corrected chi connectivity index (χ0v) is 14.2. The predicted octanol–water partition coefficient (Wildman–Crippen LogP) is 3.03. The third kappa shape index (κ3) is 1.91. The average molecular weight is 326 g/mol. The molecule has 0 spiro atoms. The molecular formula is C17H18N4OS. The molecule has 0 aliphatic heterocycles. The van der Waals surface area contributed by atoms with Gasteiger partial charge in [0.15, 0.2) is 5.16 Å². The van der Waals surface area contributed by atoms with Gasteiger partial charge in [-0.15, -0.1) is 5.10 Å². The first-order valence-electron chi connectivity index (χ1n) is 7.73. The van der Waals surface area contributed by atoms with E-state index in [1.165, 1.54) is 17.3 Å². The van der Waals surface area contributed by atoms with Crippen molar-refractivity contribution in [3.05, 3.63) is 45.7 Å². The summed E-state index contributed by atoms with van der Waals surface area (Å²) in [7, 11) is 0. The second kappa shape index (κ2) is 4.96. The highest BCUT2D eigenvalue weighted by atomic mass is 32.2. The molecule has 118 valence electrons. The van der Waals surface area contributed by atoms with E-state index in [2.05, 4.69) is 36.2 Å². The lowest BCUT2D eigenvalue weighted by atomic mass is 9.69. The highest BCUT2D eigenvalue weighted by Gasteiger charge is 2.38. The number of fused-ring (bicyclic) bond motifs is 4. The molecule has 3 aromatic rings. The normalized spacial score (nSPS) is 19.6. The van der Waals surface area contributed by atoms with Crippen LogP contribution in [0.4, 0.5) is 0 Å². The first-order chi connectivity index (χ1) is 11.1. The second-order valence-electron chi connectivity index (χ2n) is 6.26. The molecule has 0 saturated carbocycles. The van der Waals surface area contributed by atoms with Gasteiger partial charge in [0.25, 0.3) is 5.56 Å². The SMILES string of the molecule is CC[C@@]1(C)Cc2ccccc2-c2nc3[nH]nc(SC)n3c(=O)c21. The number of rotatable bonds is 2. The van der Waals surface area contributed by atoms with E-state index in [0.29, 0.717) is 10.9 Å². The molecule has 0 fully saturated rings. The lowest BCUT2D eigenvalue weighted by molar-refractivity contribution is 0.439. The van der Waals surface area contributed by atoms with Gasteiger partial charge in [-0.1, -0.05) is 49.9 Å². The molecule has 2 heterocycles. The molecule has 2 aromatic heterocycles. The van der Waals surface area contributed by atoms with E-state index < -0.39 is 0 Å². The smallest absolute Gasteiger partial charge is 0.265 e. The van der Waals surface area contributed by atoms with Crippen LogP contribution in [0.1, 0.15) is 31.4 Å². The Labute approximate surface area is 138 Å². The molecule has 1 aromatic carbocycles. The average Bonchev–Trinajstić information content (AvgIpc) is 2.98. The van der Waals surface area contributed by atoms with Gasteiger partial charge in [0.2, 0.25) is 5.78 Å². The van der Waals surface area contributed by atoms with Crippen molar-refractivity contribution >= 4 is 17.5 Å². The first kappa shape index (κ1) is 14.5. The van der Waals surface area contributed by atoms with Crippen molar-refractivity contribution in [2.45, 2.75) is 37.3 Å². The predicted molar refractivity (Wildman–Crippen MR) is 92.2 cm³/mol. The van der Waals surface area contributed by atoms with Crippen molar-refractivity contribution in [1.82, 2.24) is 19.6 Å². The third-order valence-electron chi connectivity index (χ3n) is 4.95. The van der Waals surface area contributed by atoms with Crippen molar-refractivity contribution in [2.75, 3.05) is 6.26 Å². The summed E-state index contributed by atoms with van der Waals surface area (Å²) in [5.41, 5.74) is 3.73. The summed E-state index contributed by atoms with van der Waals surface area (Å²) in [6, 6.07) is 8.24. The van der Waals surface area contributed by atoms with Gasteiger partial charge in [-0.25, -0.2) is 14.5 Å². The van der Waals surface area contributed by atoms with Gasteiger partial charge in [-0.2, -0.15) is 0 Å². The summed E-state index contributed by atoms with van der Waals surface area (Å²) in [5, 5.41) is 7.75. The van der Waals surface area contributed by atoms with E-state index in [-0.39, 0.29) is 11.0 Å². The number of nitrogens with one attached hydrogen (secondary N) is 1. The van der Waals surface area contributed by atoms with Crippen molar-refractivity contribution in [3.63, 3.8) is 0 Å². The van der Waals surface area contributed by atoms with Crippen LogP contribution in [-0.4, -0.2) is 25.8 Å². The number of aromatic nitrogens is 4. The van der Waals surface area contributed by atoms with Gasteiger partial charge in [-0.05, 0) is 24.7 Å². The molecule has 1 N–H and O–H groups in total. The molecule has 1 aliphatic rings. The standard InChI is InChI=1S/C17H18N4OS/c1-4-17(2)9-10-7-5-6-8-11(10)13-12(17)14(22)21-15(18-13)19-20-16(21)23-3/h5-8H,4,9H2,1-3H3,(H,18,19)/t17-/m0/s1. The Hall–Kier alpha value is -2.08. The zero-order valence-electron chi connectivity index (χ0n) is 13.4. The fourth-order valence-electron chi connectivity index (χ4n) is 3.51. The molecule has 4 rings (SSSR count). The van der Waals surface area contributed by atoms with E-state index in [1.807, 2.05) is 18.4 Å². The molecule has 0 bridgehead atoms. The van der Waals surface area contributed by atoms with Crippen LogP contribution in [0, 0.1) is 0 Å². The van der Waals surface area contributed by atoms with E-state index in [0.717, 1.165) is 29.7 Å². The Morgan fingerprint density at radius 2 is 2.17 bits per heavy atom. The van der Waals surface area contributed by atoms with Crippen LogP contribution in [0.2, 0.25) is 0 Å². The molecule has 0 radical (unpaired) electrons. The number of benzene rings is 1. The van der Waals surface area contributed by atoms with Crippen molar-refractivity contribution in [1.29, 1.82) is 0 Å². The zero-order chi connectivity index (χ0) is 16.2. The minimum absolute atomic E-state index is 0.00181. The maximum atomic E-state index is 13.2. The number of H-pyrrole nitrogens is 1. The minimum Gasteiger partial charge on any atom is -0.268 e. The molecule has 6 heteroatoms. The number of thioether (sulfide) groups is 1. The maximum Gasteiger partial charge on any atom is 0.265 e. The van der Waals surface area contributed by atoms with Gasteiger partial charge >= 0.3 is 0 Å². The molecule has 0 unspecified atom stereocenters. The van der Waals surface area contributed by atoms with Crippen LogP contribution in [0.25, 0.3) is 17.0 Å². The molecule has 1 atom stereocenters. The summed E-state index contributed by atoms with van der Waals surface area (Å²) in [6.07, 6.45) is 3.67. The lowest BCUT2D eigenvalue weighted by Gasteiger charge is -2.34. The van der Waals surface area contributed by atoms with Crippen LogP contribution in [0.5, 0.6) is 0 Å². The highest BCUT2D eigenvalue weighted by Crippen LogP contribution is 2.42. The van der Waals surface area contributed by atoms with Crippen LogP contribution < -0.4 is 5.56 Å². The largest absolute Gasteiger partial charge is 0.268 e. The Balaban J connectivity index is 2.17. The fourth-order valence-corrected chi connectivity index (χ4v) is 4.00. The Bertz CT molecular complexity index is 974. The maximum absolute atomic E-state index is 13.2. The summed E-state index contributed by atoms with van der Waals surface area (Å²) < 4.78 is 1.60. The summed E-state index contributed by atoms with van der Waals surface area (Å²) >= 11 is 1.44. The number of aromatic amines is 1. The Morgan fingerprint density at radius 1 is 1.39 bits per heavy atom. The van der Waals surface area contributed by atoms with Crippen molar-refractivity contribution in [2.24, 2.45) is 0 Å². The van der Waals surface area contributed by atoms with Crippen molar-refractivity contribution in [3.8, 4) is 11.3 Å². The topological polar surface area (TPSA) is 63.1 Å². The summed E-state index contributed by atoms with van der Waals surface area (Å²) in [5.74, 6) is 0.508. The van der Waals surface area contributed by atoms with E-state index in [9.17, 15) is 4.79 Å². The molecule has 5 nitrogen and oxygen atoms in total. The van der Waals surface area contributed by atoms with Crippen LogP contribution in [-0.2, 0) is 11.8 Å². The lowest BCUT2D eigenvalue weighted by Crippen LogP contribution is -2.37. The minimum atomic E-state index is -0.206. The summed E-state index contributed by atoms with van der Waals surface area (Å²) in [4.78, 5) is 18.0.